The second-order valence-electron chi connectivity index (χ2n) is 10.6. The van der Waals surface area contributed by atoms with E-state index >= 15 is 0 Å². The molecule has 11 heteroatoms. The first kappa shape index (κ1) is 26.4. The Hall–Kier alpha value is -2.63. The lowest BCUT2D eigenvalue weighted by Crippen LogP contribution is -2.49. The van der Waals surface area contributed by atoms with E-state index in [0.29, 0.717) is 19.0 Å². The third-order valence-electron chi connectivity index (χ3n) is 7.23. The molecule has 1 amide bonds. The average Bonchev–Trinajstić information content (AvgIpc) is 3.26. The molecular formula is C25H38N6O4S. The Morgan fingerprint density at radius 2 is 1.78 bits per heavy atom. The quantitative estimate of drug-likeness (QED) is 0.604. The number of rotatable bonds is 6. The highest BCUT2D eigenvalue weighted by Gasteiger charge is 2.31. The molecule has 2 N–H and O–H groups in total. The van der Waals surface area contributed by atoms with Crippen LogP contribution >= 0.6 is 0 Å². The molecule has 3 heterocycles. The van der Waals surface area contributed by atoms with Crippen molar-refractivity contribution in [3.05, 3.63) is 41.6 Å². The van der Waals surface area contributed by atoms with Gasteiger partial charge in [0.25, 0.3) is 0 Å². The maximum absolute atomic E-state index is 12.8. The number of benzene rings is 1. The van der Waals surface area contributed by atoms with Crippen LogP contribution in [0.4, 0.5) is 16.3 Å². The number of anilines is 2. The Kier molecular flexibility index (Phi) is 7.63. The molecule has 36 heavy (non-hydrogen) atoms. The molecule has 2 fully saturated rings. The van der Waals surface area contributed by atoms with Crippen molar-refractivity contribution in [3.63, 3.8) is 0 Å². The van der Waals surface area contributed by atoms with Crippen molar-refractivity contribution < 1.29 is 18.3 Å². The summed E-state index contributed by atoms with van der Waals surface area (Å²) in [4.78, 5) is 19.3. The first-order valence-corrected chi connectivity index (χ1v) is 14.4. The predicted octanol–water partition coefficient (Wildman–Crippen LogP) is 2.34. The van der Waals surface area contributed by atoms with Gasteiger partial charge in [-0.25, -0.2) is 13.2 Å². The zero-order valence-corrected chi connectivity index (χ0v) is 22.5. The van der Waals surface area contributed by atoms with E-state index < -0.39 is 15.6 Å². The molecule has 1 aromatic heterocycles. The summed E-state index contributed by atoms with van der Waals surface area (Å²) in [5.74, 6) is 0.462. The molecule has 2 aromatic rings. The fraction of sp³-hybridized carbons (Fsp3) is 0.600. The molecular weight excluding hydrogens is 480 g/mol. The van der Waals surface area contributed by atoms with Gasteiger partial charge in [-0.05, 0) is 56.7 Å². The van der Waals surface area contributed by atoms with Crippen LogP contribution in [0.15, 0.2) is 30.5 Å². The summed E-state index contributed by atoms with van der Waals surface area (Å²) in [6.07, 6.45) is 4.50. The Morgan fingerprint density at radius 1 is 1.11 bits per heavy atom. The van der Waals surface area contributed by atoms with Crippen LogP contribution in [0.25, 0.3) is 0 Å². The number of carbonyl (C=O) groups is 1. The number of piperazine rings is 1. The van der Waals surface area contributed by atoms with Crippen LogP contribution in [-0.4, -0.2) is 90.3 Å². The molecule has 2 aliphatic heterocycles. The number of hydrogen-bond acceptors (Lipinski definition) is 7. The molecule has 10 nitrogen and oxygen atoms in total. The number of carbonyl (C=O) groups excluding carboxylic acids is 1. The Bertz CT molecular complexity index is 1170. The maximum atomic E-state index is 12.8. The van der Waals surface area contributed by atoms with E-state index in [2.05, 4.69) is 44.7 Å². The van der Waals surface area contributed by atoms with Crippen LogP contribution in [0.1, 0.15) is 37.8 Å². The zero-order chi connectivity index (χ0) is 26.1. The standard InChI is InChI=1S/C25H38N6O4S/c1-19-5-6-20(17-22(19)29-10-7-21(8-11-29)25(2,3)33)18-28-13-15-30(16-14-28)24(32)31-12-9-23(26-31)27-36(4,34)35/h5-6,9,12,17,21,33H,7-8,10-11,13-16,18H2,1-4H3,(H,26,27). The highest BCUT2D eigenvalue weighted by atomic mass is 32.2. The van der Waals surface area contributed by atoms with Crippen molar-refractivity contribution >= 4 is 27.6 Å². The molecule has 0 atom stereocenters. The van der Waals surface area contributed by atoms with Gasteiger partial charge in [-0.15, -0.1) is 5.10 Å². The highest BCUT2D eigenvalue weighted by molar-refractivity contribution is 7.92. The monoisotopic (exact) mass is 518 g/mol. The second-order valence-corrected chi connectivity index (χ2v) is 12.3. The van der Waals surface area contributed by atoms with Gasteiger partial charge >= 0.3 is 6.03 Å². The maximum Gasteiger partial charge on any atom is 0.344 e. The second kappa shape index (κ2) is 10.4. The zero-order valence-electron chi connectivity index (χ0n) is 21.6. The molecule has 4 rings (SSSR count). The van der Waals surface area contributed by atoms with Gasteiger partial charge in [0.05, 0.1) is 11.9 Å². The SMILES string of the molecule is Cc1ccc(CN2CCN(C(=O)n3ccc(NS(C)(=O)=O)n3)CC2)cc1N1CCC(C(C)(C)O)CC1. The molecule has 0 spiro atoms. The fourth-order valence-electron chi connectivity index (χ4n) is 5.10. The van der Waals surface area contributed by atoms with Crippen LogP contribution in [-0.2, 0) is 16.6 Å². The number of nitrogens with one attached hydrogen (secondary N) is 1. The molecule has 0 unspecified atom stereocenters. The topological polar surface area (TPSA) is 111 Å². The van der Waals surface area contributed by atoms with Crippen molar-refractivity contribution in [2.75, 3.05) is 55.1 Å². The lowest BCUT2D eigenvalue weighted by atomic mass is 9.83. The van der Waals surface area contributed by atoms with Crippen molar-refractivity contribution in [2.45, 2.75) is 45.8 Å². The summed E-state index contributed by atoms with van der Waals surface area (Å²) in [7, 11) is -3.44. The van der Waals surface area contributed by atoms with Gasteiger partial charge in [0, 0.05) is 63.8 Å². The van der Waals surface area contributed by atoms with Gasteiger partial charge in [0.15, 0.2) is 5.82 Å². The molecule has 0 radical (unpaired) electrons. The third-order valence-corrected chi connectivity index (χ3v) is 7.81. The first-order valence-electron chi connectivity index (χ1n) is 12.5. The summed E-state index contributed by atoms with van der Waals surface area (Å²) in [5, 5.41) is 14.4. The average molecular weight is 519 g/mol. The van der Waals surface area contributed by atoms with Gasteiger partial charge in [0.1, 0.15) is 0 Å². The van der Waals surface area contributed by atoms with Gasteiger partial charge < -0.3 is 14.9 Å². The molecule has 1 aromatic carbocycles. The minimum atomic E-state index is -3.44. The molecule has 0 saturated carbocycles. The molecule has 198 valence electrons. The number of piperidine rings is 1. The van der Waals surface area contributed by atoms with Crippen LogP contribution in [0.3, 0.4) is 0 Å². The number of hydrogen-bond donors (Lipinski definition) is 2. The van der Waals surface area contributed by atoms with E-state index in [9.17, 15) is 18.3 Å². The molecule has 2 saturated heterocycles. The Balaban J connectivity index is 1.31. The molecule has 0 aliphatic carbocycles. The van der Waals surface area contributed by atoms with Crippen LogP contribution < -0.4 is 9.62 Å². The van der Waals surface area contributed by atoms with Crippen LogP contribution in [0, 0.1) is 12.8 Å². The van der Waals surface area contributed by atoms with Gasteiger partial charge in [-0.2, -0.15) is 4.68 Å². The number of aliphatic hydroxyl groups is 1. The van der Waals surface area contributed by atoms with E-state index in [4.69, 9.17) is 0 Å². The highest BCUT2D eigenvalue weighted by Crippen LogP contribution is 2.32. The van der Waals surface area contributed by atoms with E-state index in [1.165, 1.54) is 33.8 Å². The van der Waals surface area contributed by atoms with Crippen LogP contribution in [0.5, 0.6) is 0 Å². The van der Waals surface area contributed by atoms with E-state index in [1.54, 1.807) is 4.90 Å². The van der Waals surface area contributed by atoms with Crippen molar-refractivity contribution in [1.29, 1.82) is 0 Å². The van der Waals surface area contributed by atoms with Gasteiger partial charge in [-0.3, -0.25) is 9.62 Å². The minimum Gasteiger partial charge on any atom is -0.390 e. The number of sulfonamides is 1. The number of aromatic nitrogens is 2. The van der Waals surface area contributed by atoms with E-state index in [0.717, 1.165) is 51.8 Å². The minimum absolute atomic E-state index is 0.129. The summed E-state index contributed by atoms with van der Waals surface area (Å²) in [6.45, 7) is 11.4. The third kappa shape index (κ3) is 6.57. The van der Waals surface area contributed by atoms with E-state index in [1.807, 2.05) is 13.8 Å². The lowest BCUT2D eigenvalue weighted by Gasteiger charge is -2.39. The number of aryl methyl sites for hydroxylation is 1. The predicted molar refractivity (Wildman–Crippen MR) is 141 cm³/mol. The smallest absolute Gasteiger partial charge is 0.344 e. The summed E-state index contributed by atoms with van der Waals surface area (Å²) in [5.41, 5.74) is 3.16. The van der Waals surface area contributed by atoms with Crippen molar-refractivity contribution in [1.82, 2.24) is 19.6 Å². The molecule has 2 aliphatic rings. The van der Waals surface area contributed by atoms with Crippen molar-refractivity contribution in [2.24, 2.45) is 5.92 Å². The number of amides is 1. The lowest BCUT2D eigenvalue weighted by molar-refractivity contribution is 0.00650. The first-order chi connectivity index (χ1) is 16.9. The van der Waals surface area contributed by atoms with Gasteiger partial charge in [0.2, 0.25) is 10.0 Å². The Labute approximate surface area is 213 Å². The summed E-state index contributed by atoms with van der Waals surface area (Å²) in [6, 6.07) is 7.87. The summed E-state index contributed by atoms with van der Waals surface area (Å²) < 4.78 is 26.2. The largest absolute Gasteiger partial charge is 0.390 e. The summed E-state index contributed by atoms with van der Waals surface area (Å²) >= 11 is 0. The van der Waals surface area contributed by atoms with Gasteiger partial charge in [-0.1, -0.05) is 12.1 Å². The number of nitrogens with zero attached hydrogens (tertiary/aromatic N) is 5. The van der Waals surface area contributed by atoms with Crippen LogP contribution in [0.2, 0.25) is 0 Å². The van der Waals surface area contributed by atoms with E-state index in [-0.39, 0.29) is 11.8 Å². The fourth-order valence-corrected chi connectivity index (χ4v) is 5.58. The normalized spacial score (nSPS) is 18.5. The Morgan fingerprint density at radius 3 is 2.39 bits per heavy atom. The van der Waals surface area contributed by atoms with Crippen molar-refractivity contribution in [3.8, 4) is 0 Å². The molecule has 0 bridgehead atoms.